The fourth-order valence-electron chi connectivity index (χ4n) is 3.57. The van der Waals surface area contributed by atoms with Gasteiger partial charge in [-0.25, -0.2) is 13.2 Å². The Balaban J connectivity index is 1.53. The van der Waals surface area contributed by atoms with Crippen LogP contribution in [-0.2, 0) is 30.6 Å². The van der Waals surface area contributed by atoms with E-state index >= 15 is 0 Å². The lowest BCUT2D eigenvalue weighted by atomic mass is 10.1. The minimum Gasteiger partial charge on any atom is -0.307 e. The van der Waals surface area contributed by atoms with Gasteiger partial charge in [-0.05, 0) is 41.0 Å². The highest BCUT2D eigenvalue weighted by atomic mass is 35.5. The van der Waals surface area contributed by atoms with Gasteiger partial charge < -0.3 is 4.57 Å². The number of hydrogen-bond acceptors (Lipinski definition) is 4. The van der Waals surface area contributed by atoms with E-state index in [1.807, 2.05) is 18.2 Å². The second kappa shape index (κ2) is 9.38. The van der Waals surface area contributed by atoms with Crippen LogP contribution in [0.15, 0.2) is 41.3 Å². The van der Waals surface area contributed by atoms with Crippen molar-refractivity contribution in [3.8, 4) is 11.8 Å². The number of Topliss-reactive ketones (excluding diaryl/α,β-unsaturated/α-hetero) is 2. The lowest BCUT2D eigenvalue weighted by Gasteiger charge is -2.08. The second-order valence-electron chi connectivity index (χ2n) is 7.57. The minimum absolute atomic E-state index is 0.0996. The minimum atomic E-state index is -2.84. The fraction of sp³-hybridized carbons (Fsp3) is 0.208. The molecule has 0 bridgehead atoms. The first-order valence-electron chi connectivity index (χ1n) is 9.84. The molecule has 4 rings (SSSR count). The number of rotatable bonds is 5. The van der Waals surface area contributed by atoms with Crippen molar-refractivity contribution in [3.63, 3.8) is 0 Å². The Morgan fingerprint density at radius 1 is 1.12 bits per heavy atom. The van der Waals surface area contributed by atoms with Crippen molar-refractivity contribution in [3.05, 3.63) is 89.7 Å². The molecule has 1 aliphatic carbocycles. The topological polar surface area (TPSA) is 56.1 Å². The van der Waals surface area contributed by atoms with Crippen LogP contribution in [-0.4, -0.2) is 22.6 Å². The molecule has 0 unspecified atom stereocenters. The van der Waals surface area contributed by atoms with Gasteiger partial charge in [-0.2, -0.15) is 0 Å². The molecule has 0 N–H and O–H groups in total. The Kier molecular flexibility index (Phi) is 6.54. The lowest BCUT2D eigenvalue weighted by Crippen LogP contribution is -2.26. The Hall–Kier alpha value is -3.15. The summed E-state index contributed by atoms with van der Waals surface area (Å²) in [5.41, 5.74) is 2.05. The zero-order valence-corrected chi connectivity index (χ0v) is 18.5. The largest absolute Gasteiger partial charge is 0.307 e. The Morgan fingerprint density at radius 2 is 1.88 bits per heavy atom. The van der Waals surface area contributed by atoms with Crippen LogP contribution in [0.25, 0.3) is 0 Å². The number of hydrogen-bond donors (Lipinski definition) is 0. The van der Waals surface area contributed by atoms with Gasteiger partial charge in [0.1, 0.15) is 10.1 Å². The number of nitrogens with zero attached hydrogens (tertiary/aromatic N) is 1. The highest BCUT2D eigenvalue weighted by Gasteiger charge is 2.18. The summed E-state index contributed by atoms with van der Waals surface area (Å²) in [7, 11) is 0. The summed E-state index contributed by atoms with van der Waals surface area (Å²) in [5, 5.41) is 0. The molecule has 2 heterocycles. The number of ketones is 2. The fourth-order valence-corrected chi connectivity index (χ4v) is 4.70. The molecule has 4 nitrogen and oxygen atoms in total. The highest BCUT2D eigenvalue weighted by molar-refractivity contribution is 7.18. The number of pyridine rings is 1. The van der Waals surface area contributed by atoms with Gasteiger partial charge in [0.2, 0.25) is 0 Å². The Bertz CT molecular complexity index is 1400. The van der Waals surface area contributed by atoms with E-state index in [4.69, 9.17) is 11.6 Å². The van der Waals surface area contributed by atoms with Crippen LogP contribution in [0.2, 0.25) is 4.34 Å². The van der Waals surface area contributed by atoms with Gasteiger partial charge in [0.05, 0.1) is 17.0 Å². The van der Waals surface area contributed by atoms with E-state index in [1.165, 1.54) is 6.07 Å². The van der Waals surface area contributed by atoms with E-state index in [1.54, 1.807) is 0 Å². The average molecular weight is 490 g/mol. The van der Waals surface area contributed by atoms with Gasteiger partial charge in [-0.15, -0.1) is 11.3 Å². The van der Waals surface area contributed by atoms with Crippen LogP contribution in [0.5, 0.6) is 0 Å². The van der Waals surface area contributed by atoms with E-state index in [-0.39, 0.29) is 22.6 Å². The first-order chi connectivity index (χ1) is 15.7. The third-order valence-electron chi connectivity index (χ3n) is 5.08. The Morgan fingerprint density at radius 3 is 2.64 bits per heavy atom. The van der Waals surface area contributed by atoms with Gasteiger partial charge in [0.25, 0.3) is 12.0 Å². The molecule has 2 aromatic heterocycles. The normalized spacial score (nSPS) is 12.6. The maximum atomic E-state index is 13.8. The zero-order chi connectivity index (χ0) is 23.7. The smallest absolute Gasteiger partial charge is 0.286 e. The first kappa shape index (κ1) is 23.0. The molecule has 1 aromatic carbocycles. The first-order valence-corrected chi connectivity index (χ1v) is 11.0. The Labute approximate surface area is 195 Å². The number of halogens is 4. The molecule has 0 spiro atoms. The summed E-state index contributed by atoms with van der Waals surface area (Å²) in [6.07, 6.45) is -1.23. The summed E-state index contributed by atoms with van der Waals surface area (Å²) in [6, 6.07) is 7.95. The standard InChI is InChI=1S/C24H15ClF3NO3S/c25-23-16(4-2-13-1-3-15-8-18(30)9-17(15)5-13)10-21(33-23)20(31)7-14-6-19(26)24(32)29(11-14)12-22(27)28/h1,3,5-6,10-11,22H,7-9,12H2. The lowest BCUT2D eigenvalue weighted by molar-refractivity contribution is -0.117. The molecule has 0 saturated heterocycles. The number of fused-ring (bicyclic) bond motifs is 1. The van der Waals surface area contributed by atoms with Crippen molar-refractivity contribution < 1.29 is 22.8 Å². The summed E-state index contributed by atoms with van der Waals surface area (Å²) in [6.45, 7) is -0.959. The third kappa shape index (κ3) is 5.27. The molecule has 0 amide bonds. The van der Waals surface area contributed by atoms with Crippen molar-refractivity contribution in [2.75, 3.05) is 0 Å². The van der Waals surface area contributed by atoms with Crippen LogP contribution in [0.4, 0.5) is 13.2 Å². The summed E-state index contributed by atoms with van der Waals surface area (Å²) in [5.74, 6) is 4.46. The monoisotopic (exact) mass is 489 g/mol. The van der Waals surface area contributed by atoms with Gasteiger partial charge in [-0.3, -0.25) is 14.4 Å². The molecular weight excluding hydrogens is 475 g/mol. The maximum absolute atomic E-state index is 13.8. The quantitative estimate of drug-likeness (QED) is 0.393. The maximum Gasteiger partial charge on any atom is 0.286 e. The van der Waals surface area contributed by atoms with Crippen molar-refractivity contribution >= 4 is 34.5 Å². The van der Waals surface area contributed by atoms with Crippen LogP contribution in [0.3, 0.4) is 0 Å². The SMILES string of the molecule is O=C1Cc2ccc(C#Cc3cc(C(=O)Cc4cc(F)c(=O)n(CC(F)F)c4)sc3Cl)cc2C1. The van der Waals surface area contributed by atoms with Crippen LogP contribution in [0.1, 0.15) is 37.5 Å². The van der Waals surface area contributed by atoms with Crippen molar-refractivity contribution in [2.24, 2.45) is 0 Å². The molecule has 33 heavy (non-hydrogen) atoms. The van der Waals surface area contributed by atoms with Crippen molar-refractivity contribution in [1.29, 1.82) is 0 Å². The molecular formula is C24H15ClF3NO3S. The highest BCUT2D eigenvalue weighted by Crippen LogP contribution is 2.28. The van der Waals surface area contributed by atoms with Gasteiger partial charge in [0.15, 0.2) is 11.6 Å². The zero-order valence-electron chi connectivity index (χ0n) is 17.0. The summed E-state index contributed by atoms with van der Waals surface area (Å²) >= 11 is 7.24. The van der Waals surface area contributed by atoms with E-state index in [2.05, 4.69) is 11.8 Å². The summed E-state index contributed by atoms with van der Waals surface area (Å²) < 4.78 is 39.9. The molecule has 0 aliphatic heterocycles. The second-order valence-corrected chi connectivity index (χ2v) is 9.22. The predicted octanol–water partition coefficient (Wildman–Crippen LogP) is 4.46. The van der Waals surface area contributed by atoms with Gasteiger partial charge in [-0.1, -0.05) is 29.5 Å². The molecule has 0 saturated carbocycles. The number of carbonyl (C=O) groups is 2. The van der Waals surface area contributed by atoms with Crippen molar-refractivity contribution in [1.82, 2.24) is 4.57 Å². The van der Waals surface area contributed by atoms with E-state index in [0.717, 1.165) is 40.3 Å². The molecule has 1 aliphatic rings. The molecule has 168 valence electrons. The average Bonchev–Trinajstić information content (AvgIpc) is 3.30. The van der Waals surface area contributed by atoms with Crippen molar-refractivity contribution in [2.45, 2.75) is 32.2 Å². The molecule has 0 fully saturated rings. The predicted molar refractivity (Wildman–Crippen MR) is 119 cm³/mol. The number of alkyl halides is 2. The van der Waals surface area contributed by atoms with E-state index in [0.29, 0.717) is 27.3 Å². The van der Waals surface area contributed by atoms with Gasteiger partial charge >= 0.3 is 0 Å². The number of benzene rings is 1. The molecule has 3 aromatic rings. The molecule has 0 radical (unpaired) electrons. The number of thiophene rings is 1. The van der Waals surface area contributed by atoms with E-state index in [9.17, 15) is 27.6 Å². The number of aromatic nitrogens is 1. The van der Waals surface area contributed by atoms with Crippen LogP contribution >= 0.6 is 22.9 Å². The number of carbonyl (C=O) groups excluding carboxylic acids is 2. The third-order valence-corrected chi connectivity index (χ3v) is 6.48. The van der Waals surface area contributed by atoms with E-state index < -0.39 is 30.1 Å². The molecule has 9 heteroatoms. The van der Waals surface area contributed by atoms with Crippen LogP contribution in [0, 0.1) is 17.7 Å². The summed E-state index contributed by atoms with van der Waals surface area (Å²) in [4.78, 5) is 36.2. The molecule has 0 atom stereocenters. The van der Waals surface area contributed by atoms with Crippen LogP contribution < -0.4 is 5.56 Å². The van der Waals surface area contributed by atoms with Gasteiger partial charge in [0, 0.05) is 31.0 Å².